The Balaban J connectivity index is 0.000000111. The van der Waals surface area contributed by atoms with Crippen LogP contribution in [0.1, 0.15) is 357 Å². The number of halogens is 4. The van der Waals surface area contributed by atoms with E-state index in [0.717, 1.165) is 0 Å². The topological polar surface area (TPSA) is 0 Å². The summed E-state index contributed by atoms with van der Waals surface area (Å²) < 4.78 is 4.99. The normalized spacial score (nSPS) is 21.5. The number of benzene rings is 12. The molecule has 8 saturated carbocycles. The summed E-state index contributed by atoms with van der Waals surface area (Å²) >= 11 is 16.0. The molecule has 0 radical (unpaired) electrons. The van der Waals surface area contributed by atoms with Crippen LogP contribution in [0.4, 0.5) is 0 Å². The molecule has 0 aliphatic heterocycles. The van der Waals surface area contributed by atoms with E-state index in [0.29, 0.717) is 43.3 Å². The Morgan fingerprint density at radius 1 is 0.147 bits per heavy atom. The maximum absolute atomic E-state index is 4.05. The molecule has 608 valence electrons. The van der Waals surface area contributed by atoms with Crippen LogP contribution in [0.15, 0.2) is 188 Å². The highest BCUT2D eigenvalue weighted by atomic mass is 79.9. The van der Waals surface area contributed by atoms with Crippen LogP contribution < -0.4 is 0 Å². The van der Waals surface area contributed by atoms with E-state index >= 15 is 0 Å². The first kappa shape index (κ1) is 82.9. The minimum atomic E-state index is 0.324. The summed E-state index contributed by atoms with van der Waals surface area (Å²) in [5.41, 5.74) is 15.0. The van der Waals surface area contributed by atoms with Gasteiger partial charge >= 0.3 is 0 Å². The molecule has 0 spiro atoms. The first-order valence-electron chi connectivity index (χ1n) is 46.6. The highest BCUT2D eigenvalue weighted by Crippen LogP contribution is 2.52. The molecule has 0 heterocycles. The number of fused-ring (bicyclic) bond motifs is 8. The molecule has 0 amide bonds. The number of hydrogen-bond acceptors (Lipinski definition) is 0. The maximum Gasteiger partial charge on any atom is 0.0333 e. The van der Waals surface area contributed by atoms with Gasteiger partial charge in [0.15, 0.2) is 0 Å². The van der Waals surface area contributed by atoms with E-state index in [4.69, 9.17) is 0 Å². The lowest BCUT2D eigenvalue weighted by Gasteiger charge is -2.35. The average Bonchev–Trinajstić information content (AvgIpc) is 0.742. The monoisotopic (exact) mass is 1790 g/mol. The van der Waals surface area contributed by atoms with E-state index in [1.807, 2.05) is 0 Å². The fourth-order valence-electron chi connectivity index (χ4n) is 24.2. The molecular weight excluding hydrogens is 1660 g/mol. The van der Waals surface area contributed by atoms with Crippen molar-refractivity contribution in [3.8, 4) is 0 Å². The third-order valence-electron chi connectivity index (χ3n) is 32.8. The molecule has 0 bridgehead atoms. The van der Waals surface area contributed by atoms with Crippen molar-refractivity contribution in [2.75, 3.05) is 0 Å². The van der Waals surface area contributed by atoms with E-state index in [9.17, 15) is 0 Å². The first-order valence-corrected chi connectivity index (χ1v) is 49.8. The maximum atomic E-state index is 4.05. The third-order valence-corrected chi connectivity index (χ3v) is 36.2. The summed E-state index contributed by atoms with van der Waals surface area (Å²) in [6.45, 7) is 19.8. The van der Waals surface area contributed by atoms with Crippen LogP contribution in [-0.2, 0) is 43.3 Å². The third kappa shape index (κ3) is 16.7. The number of rotatable bonds is 8. The molecule has 0 unspecified atom stereocenters. The molecule has 8 aliphatic rings. The molecule has 12 aromatic carbocycles. The summed E-state index contributed by atoms with van der Waals surface area (Å²) in [5, 5.41) is 21.9. The largest absolute Gasteiger partial charge is 0.0579 e. The van der Waals surface area contributed by atoms with Crippen LogP contribution in [0.25, 0.3) is 86.2 Å². The van der Waals surface area contributed by atoms with Gasteiger partial charge < -0.3 is 0 Å². The van der Waals surface area contributed by atoms with Gasteiger partial charge in [-0.1, -0.05) is 331 Å². The molecule has 12 aromatic rings. The zero-order chi connectivity index (χ0) is 80.2. The Morgan fingerprint density at radius 3 is 0.474 bits per heavy atom. The van der Waals surface area contributed by atoms with Crippen molar-refractivity contribution in [1.82, 2.24) is 0 Å². The van der Waals surface area contributed by atoms with E-state index < -0.39 is 0 Å². The van der Waals surface area contributed by atoms with E-state index in [1.165, 1.54) is 383 Å². The molecule has 116 heavy (non-hydrogen) atoms. The second kappa shape index (κ2) is 34.2. The highest BCUT2D eigenvalue weighted by molar-refractivity contribution is 9.11. The van der Waals surface area contributed by atoms with Crippen molar-refractivity contribution in [2.24, 2.45) is 0 Å². The lowest BCUT2D eigenvalue weighted by molar-refractivity contribution is 0.320. The molecule has 8 fully saturated rings. The van der Waals surface area contributed by atoms with Crippen molar-refractivity contribution < 1.29 is 0 Å². The standard InChI is InChI=1S/2C28H32Br2.2C28H34/c1-27(13-5-3-6-14-27)19-9-11-21-23(17-19)25(29)22-12-10-20(18-24(22)26(21)30)28(2)15-7-4-8-16-28;1-27(13-5-3-6-14-27)19-9-11-21-23(17-19)26(30)24-18-20(10-12-22(24)25(21)29)28(2)15-7-4-8-16-28;1-27(13-5-3-6-14-27)25-11-9-21-18-24-20-26(28(2)15-7-4-8-16-28)12-10-22(24)17-23(21)19-25;1-27(13-5-3-6-14-27)25-11-9-21-17-22-10-12-26(20-24(22)18-23(21)19-25)28(2)15-7-4-8-16-28/h2*9-12,17-18H,3-8,13-16H2,1-2H3;2*9-12,17-20H,3-8,13-16H2,1-2H3. The first-order chi connectivity index (χ1) is 55.9. The van der Waals surface area contributed by atoms with Crippen LogP contribution in [0.2, 0.25) is 0 Å². The van der Waals surface area contributed by atoms with Gasteiger partial charge in [0.2, 0.25) is 0 Å². The van der Waals surface area contributed by atoms with Gasteiger partial charge in [-0.2, -0.15) is 0 Å². The Labute approximate surface area is 731 Å². The molecule has 20 rings (SSSR count). The van der Waals surface area contributed by atoms with Gasteiger partial charge in [0.05, 0.1) is 0 Å². The zero-order valence-electron chi connectivity index (χ0n) is 72.0. The minimum Gasteiger partial charge on any atom is -0.0579 e. The molecule has 0 saturated heterocycles. The van der Waals surface area contributed by atoms with Gasteiger partial charge in [0.1, 0.15) is 0 Å². The molecule has 0 atom stereocenters. The van der Waals surface area contributed by atoms with Gasteiger partial charge in [-0.05, 0) is 389 Å². The van der Waals surface area contributed by atoms with Crippen LogP contribution in [-0.4, -0.2) is 0 Å². The molecule has 0 nitrogen and oxygen atoms in total. The molecule has 4 heteroatoms. The fraction of sp³-hybridized carbons (Fsp3) is 0.500. The lowest BCUT2D eigenvalue weighted by Crippen LogP contribution is -2.25. The predicted octanol–water partition coefficient (Wildman–Crippen LogP) is 36.8. The van der Waals surface area contributed by atoms with Gasteiger partial charge in [-0.3, -0.25) is 0 Å². The molecule has 0 aromatic heterocycles. The van der Waals surface area contributed by atoms with Crippen molar-refractivity contribution in [2.45, 2.75) is 356 Å². The highest BCUT2D eigenvalue weighted by Gasteiger charge is 2.37. The average molecular weight is 1800 g/mol. The quantitative estimate of drug-likeness (QED) is 0.133. The fourth-order valence-corrected chi connectivity index (χ4v) is 26.9. The Bertz CT molecular complexity index is 5240. The zero-order valence-corrected chi connectivity index (χ0v) is 78.3. The van der Waals surface area contributed by atoms with Crippen LogP contribution in [0.3, 0.4) is 0 Å². The molecule has 8 aliphatic carbocycles. The van der Waals surface area contributed by atoms with Crippen molar-refractivity contribution in [3.05, 3.63) is 232 Å². The van der Waals surface area contributed by atoms with Gasteiger partial charge in [0.25, 0.3) is 0 Å². The SMILES string of the molecule is CC1(c2ccc3c(Br)c4cc(C5(C)CCCCC5)ccc4c(Br)c3c2)CCCCC1.CC1(c2ccc3c(Br)c4ccc(C5(C)CCCCC5)cc4c(Br)c3c2)CCCCC1.CC1(c2ccc3cc4cc(C5(C)CCCCC5)ccc4cc3c2)CCCCC1.CC1(c2ccc3cc4ccc(C5(C)CCCCC5)cc4cc3c2)CCCCC1. The number of hydrogen-bond donors (Lipinski definition) is 0. The van der Waals surface area contributed by atoms with Crippen molar-refractivity contribution >= 4 is 150 Å². The van der Waals surface area contributed by atoms with Gasteiger partial charge in [-0.15, -0.1) is 0 Å². The van der Waals surface area contributed by atoms with Crippen LogP contribution in [0.5, 0.6) is 0 Å². The van der Waals surface area contributed by atoms with Crippen molar-refractivity contribution in [1.29, 1.82) is 0 Å². The lowest BCUT2D eigenvalue weighted by atomic mass is 9.70. The molecular formula is C112H132Br4. The van der Waals surface area contributed by atoms with E-state index in [2.05, 4.69) is 289 Å². The second-order valence-electron chi connectivity index (χ2n) is 41.2. The molecule has 0 N–H and O–H groups in total. The summed E-state index contributed by atoms with van der Waals surface area (Å²) in [5.74, 6) is 0. The van der Waals surface area contributed by atoms with Gasteiger partial charge in [-0.25, -0.2) is 0 Å². The van der Waals surface area contributed by atoms with Crippen LogP contribution >= 0.6 is 63.7 Å². The second-order valence-corrected chi connectivity index (χ2v) is 44.4. The predicted molar refractivity (Wildman–Crippen MR) is 520 cm³/mol. The minimum absolute atomic E-state index is 0.324. The summed E-state index contributed by atoms with van der Waals surface area (Å²) in [7, 11) is 0. The summed E-state index contributed by atoms with van der Waals surface area (Å²) in [6, 6.07) is 67.6. The Morgan fingerprint density at radius 2 is 0.284 bits per heavy atom. The Hall–Kier alpha value is -5.36. The summed E-state index contributed by atoms with van der Waals surface area (Å²) in [6.07, 6.45) is 54.4. The van der Waals surface area contributed by atoms with E-state index in [1.54, 1.807) is 22.3 Å². The smallest absolute Gasteiger partial charge is 0.0333 e. The van der Waals surface area contributed by atoms with E-state index in [-0.39, 0.29) is 0 Å². The van der Waals surface area contributed by atoms with Gasteiger partial charge in [0, 0.05) is 17.9 Å². The van der Waals surface area contributed by atoms with Crippen LogP contribution in [0, 0.1) is 0 Å². The Kier molecular flexibility index (Phi) is 24.4. The van der Waals surface area contributed by atoms with Crippen molar-refractivity contribution in [3.63, 3.8) is 0 Å². The summed E-state index contributed by atoms with van der Waals surface area (Å²) in [4.78, 5) is 0.